The first-order valence-electron chi connectivity index (χ1n) is 5.05. The van der Waals surface area contributed by atoms with Crippen LogP contribution in [-0.2, 0) is 13.5 Å². The Balaban J connectivity index is 1.94. The number of hydrogen-bond acceptors (Lipinski definition) is 4. The molecule has 0 aliphatic rings. The number of anilines is 1. The Hall–Kier alpha value is -1.33. The predicted molar refractivity (Wildman–Crippen MR) is 67.5 cm³/mol. The van der Waals surface area contributed by atoms with E-state index >= 15 is 0 Å². The van der Waals surface area contributed by atoms with Crippen LogP contribution in [0.15, 0.2) is 18.5 Å². The minimum Gasteiger partial charge on any atom is -0.382 e. The van der Waals surface area contributed by atoms with Gasteiger partial charge in [0.1, 0.15) is 5.82 Å². The SMILES string of the molecule is Cn1ccnc1CCNc1cc(Cl)nnc1Cl. The van der Waals surface area contributed by atoms with E-state index in [1.165, 1.54) is 0 Å². The Bertz CT molecular complexity index is 511. The maximum atomic E-state index is 5.87. The van der Waals surface area contributed by atoms with Crippen LogP contribution in [0.25, 0.3) is 0 Å². The number of hydrogen-bond donors (Lipinski definition) is 1. The van der Waals surface area contributed by atoms with Crippen LogP contribution in [0.2, 0.25) is 10.3 Å². The van der Waals surface area contributed by atoms with Gasteiger partial charge in [0.05, 0.1) is 5.69 Å². The second-order valence-corrected chi connectivity index (χ2v) is 4.25. The minimum absolute atomic E-state index is 0.314. The quantitative estimate of drug-likeness (QED) is 0.926. The van der Waals surface area contributed by atoms with Crippen LogP contribution in [-0.4, -0.2) is 26.3 Å². The van der Waals surface area contributed by atoms with Crippen molar-refractivity contribution in [2.45, 2.75) is 6.42 Å². The lowest BCUT2D eigenvalue weighted by molar-refractivity contribution is 0.789. The van der Waals surface area contributed by atoms with E-state index in [1.54, 1.807) is 12.3 Å². The molecule has 0 aliphatic carbocycles. The summed E-state index contributed by atoms with van der Waals surface area (Å²) in [4.78, 5) is 4.22. The Morgan fingerprint density at radius 3 is 2.88 bits per heavy atom. The molecule has 0 amide bonds. The molecule has 0 unspecified atom stereocenters. The fourth-order valence-electron chi connectivity index (χ4n) is 1.42. The number of aromatic nitrogens is 4. The van der Waals surface area contributed by atoms with Crippen molar-refractivity contribution in [2.24, 2.45) is 7.05 Å². The number of rotatable bonds is 4. The smallest absolute Gasteiger partial charge is 0.174 e. The molecule has 0 bridgehead atoms. The van der Waals surface area contributed by atoms with Crippen LogP contribution >= 0.6 is 23.2 Å². The molecule has 0 saturated heterocycles. The highest BCUT2D eigenvalue weighted by Gasteiger charge is 2.04. The van der Waals surface area contributed by atoms with Crippen molar-refractivity contribution in [1.29, 1.82) is 0 Å². The van der Waals surface area contributed by atoms with Crippen molar-refractivity contribution in [2.75, 3.05) is 11.9 Å². The molecule has 0 spiro atoms. The number of imidazole rings is 1. The highest BCUT2D eigenvalue weighted by Crippen LogP contribution is 2.20. The highest BCUT2D eigenvalue weighted by atomic mass is 35.5. The van der Waals surface area contributed by atoms with Crippen molar-refractivity contribution in [3.05, 3.63) is 34.6 Å². The second kappa shape index (κ2) is 5.33. The summed E-state index contributed by atoms with van der Waals surface area (Å²) in [6.07, 6.45) is 4.47. The van der Waals surface area contributed by atoms with Crippen molar-refractivity contribution >= 4 is 28.9 Å². The summed E-state index contributed by atoms with van der Waals surface area (Å²) in [5.74, 6) is 1.00. The standard InChI is InChI=1S/C10H11Cl2N5/c1-17-5-4-14-9(17)2-3-13-7-6-8(11)15-16-10(7)12/h4-6H,2-3H2,1H3,(H,13,15). The topological polar surface area (TPSA) is 55.6 Å². The van der Waals surface area contributed by atoms with E-state index in [-0.39, 0.29) is 0 Å². The van der Waals surface area contributed by atoms with Gasteiger partial charge in [-0.2, -0.15) is 0 Å². The van der Waals surface area contributed by atoms with Gasteiger partial charge in [0.15, 0.2) is 10.3 Å². The molecule has 0 aliphatic heterocycles. The molecule has 17 heavy (non-hydrogen) atoms. The lowest BCUT2D eigenvalue weighted by Gasteiger charge is -2.07. The molecule has 0 radical (unpaired) electrons. The molecule has 90 valence electrons. The van der Waals surface area contributed by atoms with Crippen LogP contribution in [0.1, 0.15) is 5.82 Å². The molecule has 2 aromatic heterocycles. The molecule has 0 fully saturated rings. The number of nitrogens with one attached hydrogen (secondary N) is 1. The van der Waals surface area contributed by atoms with Gasteiger partial charge >= 0.3 is 0 Å². The van der Waals surface area contributed by atoms with Gasteiger partial charge < -0.3 is 9.88 Å². The first-order chi connectivity index (χ1) is 8.16. The molecular formula is C10H11Cl2N5. The minimum atomic E-state index is 0.314. The Morgan fingerprint density at radius 1 is 1.35 bits per heavy atom. The summed E-state index contributed by atoms with van der Waals surface area (Å²) < 4.78 is 1.97. The molecule has 2 rings (SSSR count). The molecule has 0 atom stereocenters. The Kier molecular flexibility index (Phi) is 3.81. The van der Waals surface area contributed by atoms with Gasteiger partial charge in [0, 0.05) is 38.5 Å². The zero-order valence-electron chi connectivity index (χ0n) is 9.19. The van der Waals surface area contributed by atoms with Gasteiger partial charge in [-0.3, -0.25) is 0 Å². The third-order valence-electron chi connectivity index (χ3n) is 2.30. The van der Waals surface area contributed by atoms with Gasteiger partial charge in [-0.25, -0.2) is 4.98 Å². The van der Waals surface area contributed by atoms with Crippen LogP contribution in [0.3, 0.4) is 0 Å². The first kappa shape index (κ1) is 12.1. The van der Waals surface area contributed by atoms with Crippen LogP contribution < -0.4 is 5.32 Å². The van der Waals surface area contributed by atoms with E-state index in [0.29, 0.717) is 22.5 Å². The van der Waals surface area contributed by atoms with E-state index in [2.05, 4.69) is 20.5 Å². The van der Waals surface area contributed by atoms with Crippen molar-refractivity contribution in [1.82, 2.24) is 19.7 Å². The Labute approximate surface area is 109 Å². The van der Waals surface area contributed by atoms with Gasteiger partial charge in [0.25, 0.3) is 0 Å². The van der Waals surface area contributed by atoms with Gasteiger partial charge in [-0.1, -0.05) is 23.2 Å². The lowest BCUT2D eigenvalue weighted by atomic mass is 10.3. The molecular weight excluding hydrogens is 261 g/mol. The monoisotopic (exact) mass is 271 g/mol. The van der Waals surface area contributed by atoms with Crippen molar-refractivity contribution in [3.8, 4) is 0 Å². The van der Waals surface area contributed by atoms with Crippen molar-refractivity contribution in [3.63, 3.8) is 0 Å². The fourth-order valence-corrected chi connectivity index (χ4v) is 1.73. The lowest BCUT2D eigenvalue weighted by Crippen LogP contribution is -2.09. The third kappa shape index (κ3) is 3.08. The van der Waals surface area contributed by atoms with E-state index in [0.717, 1.165) is 12.2 Å². The average Bonchev–Trinajstić information content (AvgIpc) is 2.70. The van der Waals surface area contributed by atoms with Crippen molar-refractivity contribution < 1.29 is 0 Å². The summed E-state index contributed by atoms with van der Waals surface area (Å²) in [7, 11) is 1.96. The second-order valence-electron chi connectivity index (χ2n) is 3.50. The number of nitrogens with zero attached hydrogens (tertiary/aromatic N) is 4. The van der Waals surface area contributed by atoms with E-state index in [9.17, 15) is 0 Å². The maximum Gasteiger partial charge on any atom is 0.174 e. The zero-order chi connectivity index (χ0) is 12.3. The van der Waals surface area contributed by atoms with Gasteiger partial charge in [0.2, 0.25) is 0 Å². The molecule has 2 aromatic rings. The third-order valence-corrected chi connectivity index (χ3v) is 2.77. The molecule has 0 saturated carbocycles. The molecule has 1 N–H and O–H groups in total. The summed E-state index contributed by atoms with van der Waals surface area (Å²) in [5, 5.41) is 11.1. The van der Waals surface area contributed by atoms with E-state index in [1.807, 2.05) is 17.8 Å². The fraction of sp³-hybridized carbons (Fsp3) is 0.300. The summed E-state index contributed by atoms with van der Waals surface area (Å²) in [6, 6.07) is 1.65. The van der Waals surface area contributed by atoms with E-state index < -0.39 is 0 Å². The molecule has 5 nitrogen and oxygen atoms in total. The van der Waals surface area contributed by atoms with Gasteiger partial charge in [-0.05, 0) is 0 Å². The summed E-state index contributed by atoms with van der Waals surface area (Å²) >= 11 is 11.6. The van der Waals surface area contributed by atoms with Crippen LogP contribution in [0, 0.1) is 0 Å². The van der Waals surface area contributed by atoms with Gasteiger partial charge in [-0.15, -0.1) is 10.2 Å². The zero-order valence-corrected chi connectivity index (χ0v) is 10.7. The molecule has 2 heterocycles. The Morgan fingerprint density at radius 2 is 2.18 bits per heavy atom. The normalized spacial score (nSPS) is 10.5. The average molecular weight is 272 g/mol. The van der Waals surface area contributed by atoms with Crippen LogP contribution in [0.5, 0.6) is 0 Å². The number of aryl methyl sites for hydroxylation is 1. The first-order valence-corrected chi connectivity index (χ1v) is 5.81. The van der Waals surface area contributed by atoms with E-state index in [4.69, 9.17) is 23.2 Å². The summed E-state index contributed by atoms with van der Waals surface area (Å²) in [5.41, 5.74) is 0.681. The largest absolute Gasteiger partial charge is 0.382 e. The highest BCUT2D eigenvalue weighted by molar-refractivity contribution is 6.33. The van der Waals surface area contributed by atoms with Crippen LogP contribution in [0.4, 0.5) is 5.69 Å². The molecule has 7 heteroatoms. The maximum absolute atomic E-state index is 5.87. The number of halogens is 2. The predicted octanol–water partition coefficient (Wildman–Crippen LogP) is 2.17. The summed E-state index contributed by atoms with van der Waals surface area (Å²) in [6.45, 7) is 0.701. The molecule has 0 aromatic carbocycles.